The van der Waals surface area contributed by atoms with Crippen molar-refractivity contribution in [2.45, 2.75) is 70.4 Å². The number of nitrogens with zero attached hydrogens (tertiary/aromatic N) is 5. The largest absolute Gasteiger partial charge is 0.439 e. The molecule has 1 saturated carbocycles. The van der Waals surface area contributed by atoms with Gasteiger partial charge in [0.05, 0.1) is 12.8 Å². The highest BCUT2D eigenvalue weighted by atomic mass is 17.2. The highest BCUT2D eigenvalue weighted by Crippen LogP contribution is 2.37. The number of hydrogen-bond acceptors (Lipinski definition) is 8. The fraction of sp³-hybridized carbons (Fsp3) is 0.387. The van der Waals surface area contributed by atoms with Crippen molar-refractivity contribution in [3.8, 4) is 22.5 Å². The summed E-state index contributed by atoms with van der Waals surface area (Å²) in [6.07, 6.45) is 6.70. The minimum absolute atomic E-state index is 0.00555. The molecule has 1 aliphatic carbocycles. The quantitative estimate of drug-likeness (QED) is 0.196. The van der Waals surface area contributed by atoms with Crippen LogP contribution in [0.4, 0.5) is 0 Å². The second kappa shape index (κ2) is 11.5. The Labute approximate surface area is 242 Å². The molecule has 0 unspecified atom stereocenters. The SMILES string of the molecule is CCCc1c(Cc2ccc(-c3ccccc3-c3noc(=O)[nH]3)cc2)c(=O)n([C@H]2CC[C@@](C)(OOC)CC2)c2ncnn12. The zero-order valence-corrected chi connectivity index (χ0v) is 24.0. The first kappa shape index (κ1) is 27.8. The maximum atomic E-state index is 14.2. The van der Waals surface area contributed by atoms with Crippen LogP contribution in [0.2, 0.25) is 0 Å². The van der Waals surface area contributed by atoms with Crippen LogP contribution in [0.1, 0.15) is 68.8 Å². The molecule has 5 aromatic rings. The molecule has 3 heterocycles. The van der Waals surface area contributed by atoms with Gasteiger partial charge in [-0.05, 0) is 55.7 Å². The van der Waals surface area contributed by atoms with Crippen molar-refractivity contribution in [2.24, 2.45) is 0 Å². The number of hydrogen-bond donors (Lipinski definition) is 1. The Balaban J connectivity index is 1.35. The van der Waals surface area contributed by atoms with Gasteiger partial charge in [-0.2, -0.15) is 10.1 Å². The zero-order chi connectivity index (χ0) is 29.3. The molecular weight excluding hydrogens is 536 g/mol. The van der Waals surface area contributed by atoms with Gasteiger partial charge in [-0.25, -0.2) is 19.1 Å². The Morgan fingerprint density at radius 2 is 1.81 bits per heavy atom. The van der Waals surface area contributed by atoms with Crippen LogP contribution in [0, 0.1) is 0 Å². The second-order valence-corrected chi connectivity index (χ2v) is 11.1. The van der Waals surface area contributed by atoms with E-state index in [-0.39, 0.29) is 17.2 Å². The normalized spacial score (nSPS) is 19.0. The van der Waals surface area contributed by atoms with Gasteiger partial charge in [0.2, 0.25) is 5.78 Å². The minimum Gasteiger partial charge on any atom is -0.296 e. The Morgan fingerprint density at radius 3 is 2.48 bits per heavy atom. The van der Waals surface area contributed by atoms with Crippen LogP contribution in [0.5, 0.6) is 0 Å². The van der Waals surface area contributed by atoms with Gasteiger partial charge in [0.15, 0.2) is 5.82 Å². The fourth-order valence-electron chi connectivity index (χ4n) is 6.13. The summed E-state index contributed by atoms with van der Waals surface area (Å²) in [5.74, 6) is 0.368. The van der Waals surface area contributed by atoms with Crippen LogP contribution in [0.3, 0.4) is 0 Å². The van der Waals surface area contributed by atoms with E-state index < -0.39 is 5.76 Å². The van der Waals surface area contributed by atoms with E-state index >= 15 is 0 Å². The fourth-order valence-corrected chi connectivity index (χ4v) is 6.13. The average molecular weight is 571 g/mol. The first-order valence-electron chi connectivity index (χ1n) is 14.3. The summed E-state index contributed by atoms with van der Waals surface area (Å²) in [6.45, 7) is 4.15. The Bertz CT molecular complexity index is 1810. The van der Waals surface area contributed by atoms with Crippen LogP contribution in [-0.2, 0) is 22.6 Å². The van der Waals surface area contributed by atoms with Gasteiger partial charge >= 0.3 is 5.76 Å². The van der Waals surface area contributed by atoms with Crippen LogP contribution in [0.25, 0.3) is 28.3 Å². The molecule has 1 N–H and O–H groups in total. The third-order valence-corrected chi connectivity index (χ3v) is 8.24. The molecule has 218 valence electrons. The summed E-state index contributed by atoms with van der Waals surface area (Å²) in [4.78, 5) is 43.5. The lowest BCUT2D eigenvalue weighted by Crippen LogP contribution is -2.39. The van der Waals surface area contributed by atoms with Crippen molar-refractivity contribution in [3.63, 3.8) is 0 Å². The third kappa shape index (κ3) is 5.21. The molecular formula is C31H34N6O5. The molecule has 2 aromatic carbocycles. The molecule has 0 spiro atoms. The Hall–Kier alpha value is -4.35. The van der Waals surface area contributed by atoms with Crippen LogP contribution in [0.15, 0.2) is 69.0 Å². The molecule has 1 fully saturated rings. The smallest absolute Gasteiger partial charge is 0.296 e. The number of aryl methyl sites for hydroxylation is 1. The monoisotopic (exact) mass is 570 g/mol. The van der Waals surface area contributed by atoms with Crippen molar-refractivity contribution in [2.75, 3.05) is 7.11 Å². The third-order valence-electron chi connectivity index (χ3n) is 8.24. The lowest BCUT2D eigenvalue weighted by atomic mass is 9.83. The predicted octanol–water partition coefficient (Wildman–Crippen LogP) is 4.90. The molecule has 0 atom stereocenters. The summed E-state index contributed by atoms with van der Waals surface area (Å²) >= 11 is 0. The van der Waals surface area contributed by atoms with E-state index in [1.54, 1.807) is 0 Å². The van der Waals surface area contributed by atoms with E-state index in [2.05, 4.69) is 27.1 Å². The molecule has 42 heavy (non-hydrogen) atoms. The van der Waals surface area contributed by atoms with E-state index in [0.29, 0.717) is 18.0 Å². The van der Waals surface area contributed by atoms with Crippen molar-refractivity contribution >= 4 is 5.78 Å². The number of H-pyrrole nitrogens is 1. The lowest BCUT2D eigenvalue weighted by Gasteiger charge is -2.36. The van der Waals surface area contributed by atoms with E-state index in [9.17, 15) is 9.59 Å². The van der Waals surface area contributed by atoms with Gasteiger partial charge in [-0.1, -0.05) is 67.0 Å². The van der Waals surface area contributed by atoms with Crippen molar-refractivity contribution in [1.29, 1.82) is 0 Å². The first-order valence-corrected chi connectivity index (χ1v) is 14.3. The van der Waals surface area contributed by atoms with Crippen molar-refractivity contribution in [3.05, 3.63) is 92.6 Å². The summed E-state index contributed by atoms with van der Waals surface area (Å²) in [5, 5.41) is 8.41. The molecule has 0 radical (unpaired) electrons. The van der Waals surface area contributed by atoms with E-state index in [1.165, 1.54) is 13.4 Å². The van der Waals surface area contributed by atoms with Gasteiger partial charge < -0.3 is 0 Å². The number of aromatic amines is 1. The van der Waals surface area contributed by atoms with Crippen LogP contribution in [-0.4, -0.2) is 42.0 Å². The number of benzene rings is 2. The maximum Gasteiger partial charge on any atom is 0.439 e. The average Bonchev–Trinajstić information content (AvgIpc) is 3.66. The summed E-state index contributed by atoms with van der Waals surface area (Å²) < 4.78 is 8.42. The maximum absolute atomic E-state index is 14.2. The number of nitrogens with one attached hydrogen (secondary N) is 1. The molecule has 11 nitrogen and oxygen atoms in total. The summed E-state index contributed by atoms with van der Waals surface area (Å²) in [6, 6.07) is 15.8. The summed E-state index contributed by atoms with van der Waals surface area (Å²) in [5.41, 5.74) is 4.91. The van der Waals surface area contributed by atoms with Gasteiger partial charge in [0.25, 0.3) is 5.56 Å². The van der Waals surface area contributed by atoms with Crippen LogP contribution < -0.4 is 11.3 Å². The van der Waals surface area contributed by atoms with Gasteiger partial charge in [-0.15, -0.1) is 0 Å². The first-order chi connectivity index (χ1) is 20.4. The summed E-state index contributed by atoms with van der Waals surface area (Å²) in [7, 11) is 1.53. The molecule has 11 heteroatoms. The van der Waals surface area contributed by atoms with Crippen molar-refractivity contribution in [1.82, 2.24) is 29.3 Å². The molecule has 3 aromatic heterocycles. The number of aromatic nitrogens is 6. The predicted molar refractivity (Wildman–Crippen MR) is 156 cm³/mol. The van der Waals surface area contributed by atoms with Gasteiger partial charge in [0, 0.05) is 23.6 Å². The molecule has 0 bridgehead atoms. The highest BCUT2D eigenvalue weighted by Gasteiger charge is 2.35. The zero-order valence-electron chi connectivity index (χ0n) is 24.0. The van der Waals surface area contributed by atoms with Gasteiger partial charge in [0.1, 0.15) is 11.9 Å². The highest BCUT2D eigenvalue weighted by molar-refractivity contribution is 5.80. The Morgan fingerprint density at radius 1 is 1.07 bits per heavy atom. The molecule has 1 aliphatic rings. The van der Waals surface area contributed by atoms with Crippen LogP contribution >= 0.6 is 0 Å². The minimum atomic E-state index is -0.599. The molecule has 0 saturated heterocycles. The standard InChI is InChI=1S/C31H34N6O5/c1-4-7-26-25(28(38)36(29-32-19-33-37(26)29)22-14-16-31(2,17-15-22)42-40-3)18-20-10-12-21(13-11-20)23-8-5-6-9-24(23)27-34-30(39)41-35-27/h5-6,8-13,19,22H,4,7,14-18H2,1-3H3,(H,34,35,39)/t22-,31+. The van der Waals surface area contributed by atoms with Gasteiger partial charge in [-0.3, -0.25) is 18.9 Å². The molecule has 0 amide bonds. The number of fused-ring (bicyclic) bond motifs is 1. The molecule has 0 aliphatic heterocycles. The van der Waals surface area contributed by atoms with E-state index in [4.69, 9.17) is 14.3 Å². The lowest BCUT2D eigenvalue weighted by molar-refractivity contribution is -0.347. The Kier molecular flexibility index (Phi) is 7.61. The second-order valence-electron chi connectivity index (χ2n) is 11.1. The number of rotatable bonds is 9. The van der Waals surface area contributed by atoms with E-state index in [1.807, 2.05) is 64.5 Å². The molecule has 6 rings (SSSR count). The van der Waals surface area contributed by atoms with Crippen molar-refractivity contribution < 1.29 is 14.3 Å². The van der Waals surface area contributed by atoms with E-state index in [0.717, 1.165) is 72.0 Å². The topological polar surface area (TPSA) is 130 Å².